The van der Waals surface area contributed by atoms with E-state index in [1.807, 2.05) is 6.92 Å². The van der Waals surface area contributed by atoms with E-state index >= 15 is 0 Å². The molecule has 0 amide bonds. The summed E-state index contributed by atoms with van der Waals surface area (Å²) in [6.07, 6.45) is 1.21. The van der Waals surface area contributed by atoms with Gasteiger partial charge < -0.3 is 25.7 Å². The lowest BCUT2D eigenvalue weighted by Crippen LogP contribution is -2.26. The summed E-state index contributed by atoms with van der Waals surface area (Å²) in [7, 11) is 3.11. The molecule has 6 nitrogen and oxygen atoms in total. The van der Waals surface area contributed by atoms with E-state index < -0.39 is 0 Å². The van der Waals surface area contributed by atoms with Crippen molar-refractivity contribution < 1.29 is 14.7 Å². The largest absolute Gasteiger partial charge is 0.495 e. The molecule has 1 atom stereocenters. The van der Waals surface area contributed by atoms with Crippen molar-refractivity contribution in [1.29, 1.82) is 0 Å². The summed E-state index contributed by atoms with van der Waals surface area (Å²) in [5, 5.41) is 15.4. The normalized spacial score (nSPS) is 12.9. The maximum atomic E-state index is 8.63. The fourth-order valence-electron chi connectivity index (χ4n) is 1.78. The van der Waals surface area contributed by atoms with Crippen LogP contribution in [-0.4, -0.2) is 31.3 Å². The minimum absolute atomic E-state index is 0.00395. The number of nitrogens with two attached hydrogens (primary N) is 1. The summed E-state index contributed by atoms with van der Waals surface area (Å²) in [6, 6.07) is 3.44. The second-order valence-electron chi connectivity index (χ2n) is 4.23. The van der Waals surface area contributed by atoms with Crippen molar-refractivity contribution in [3.05, 3.63) is 17.2 Å². The van der Waals surface area contributed by atoms with Gasteiger partial charge in [-0.25, -0.2) is 0 Å². The van der Waals surface area contributed by atoms with E-state index in [1.165, 1.54) is 0 Å². The second-order valence-corrected chi connectivity index (χ2v) is 4.64. The number of benzene rings is 1. The summed E-state index contributed by atoms with van der Waals surface area (Å²) in [5.74, 6) is 1.32. The Morgan fingerprint density at radius 3 is 2.55 bits per heavy atom. The first kappa shape index (κ1) is 16.2. The lowest BCUT2D eigenvalue weighted by Gasteiger charge is -2.20. The smallest absolute Gasteiger partial charge is 0.145 e. The molecular weight excluding hydrogens is 282 g/mol. The number of anilines is 1. The van der Waals surface area contributed by atoms with E-state index in [4.69, 9.17) is 32.0 Å². The molecule has 0 spiro atoms. The zero-order chi connectivity index (χ0) is 15.1. The minimum atomic E-state index is 0.00395. The van der Waals surface area contributed by atoms with Crippen LogP contribution in [0.4, 0.5) is 5.69 Å². The van der Waals surface area contributed by atoms with E-state index in [-0.39, 0.29) is 11.9 Å². The molecular formula is C13H20ClN3O3. The molecule has 0 aliphatic heterocycles. The SMILES string of the molecule is CCC(CC(N)=NO)Nc1cc(Cl)c(OC)cc1OC. The second kappa shape index (κ2) is 7.69. The highest BCUT2D eigenvalue weighted by atomic mass is 35.5. The molecule has 112 valence electrons. The molecule has 1 aromatic rings. The molecule has 0 saturated heterocycles. The van der Waals surface area contributed by atoms with Crippen molar-refractivity contribution in [2.75, 3.05) is 19.5 Å². The lowest BCUT2D eigenvalue weighted by molar-refractivity contribution is 0.316. The van der Waals surface area contributed by atoms with Gasteiger partial charge >= 0.3 is 0 Å². The van der Waals surface area contributed by atoms with Crippen molar-refractivity contribution in [2.24, 2.45) is 10.9 Å². The summed E-state index contributed by atoms with van der Waals surface area (Å²) < 4.78 is 10.5. The number of rotatable bonds is 7. The minimum Gasteiger partial charge on any atom is -0.495 e. The van der Waals surface area contributed by atoms with Gasteiger partial charge in [0.15, 0.2) is 0 Å². The van der Waals surface area contributed by atoms with Gasteiger partial charge in [0.2, 0.25) is 0 Å². The van der Waals surface area contributed by atoms with E-state index in [9.17, 15) is 0 Å². The van der Waals surface area contributed by atoms with Crippen LogP contribution < -0.4 is 20.5 Å². The van der Waals surface area contributed by atoms with Gasteiger partial charge in [0.25, 0.3) is 0 Å². The van der Waals surface area contributed by atoms with E-state index in [0.29, 0.717) is 22.9 Å². The first-order valence-corrected chi connectivity index (χ1v) is 6.57. The average Bonchev–Trinajstić information content (AvgIpc) is 2.46. The number of nitrogens with one attached hydrogen (secondary N) is 1. The Morgan fingerprint density at radius 2 is 2.05 bits per heavy atom. The average molecular weight is 302 g/mol. The molecule has 20 heavy (non-hydrogen) atoms. The predicted octanol–water partition coefficient (Wildman–Crippen LogP) is 2.68. The fourth-order valence-corrected chi connectivity index (χ4v) is 2.02. The van der Waals surface area contributed by atoms with Gasteiger partial charge in [0.1, 0.15) is 17.3 Å². The summed E-state index contributed by atoms with van der Waals surface area (Å²) in [6.45, 7) is 2.00. The number of hydrogen-bond acceptors (Lipinski definition) is 5. The van der Waals surface area contributed by atoms with Gasteiger partial charge in [-0.2, -0.15) is 0 Å². The zero-order valence-corrected chi connectivity index (χ0v) is 12.6. The van der Waals surface area contributed by atoms with Crippen LogP contribution in [-0.2, 0) is 0 Å². The molecule has 4 N–H and O–H groups in total. The van der Waals surface area contributed by atoms with Crippen molar-refractivity contribution in [3.63, 3.8) is 0 Å². The van der Waals surface area contributed by atoms with Gasteiger partial charge in [-0.05, 0) is 12.5 Å². The Balaban J connectivity index is 2.97. The van der Waals surface area contributed by atoms with Crippen LogP contribution in [0.3, 0.4) is 0 Å². The van der Waals surface area contributed by atoms with E-state index in [2.05, 4.69) is 10.5 Å². The quantitative estimate of drug-likeness (QED) is 0.312. The first-order chi connectivity index (χ1) is 9.55. The molecule has 0 fully saturated rings. The highest BCUT2D eigenvalue weighted by molar-refractivity contribution is 6.32. The van der Waals surface area contributed by atoms with E-state index in [1.54, 1.807) is 26.4 Å². The number of hydrogen-bond donors (Lipinski definition) is 3. The van der Waals surface area contributed by atoms with Crippen LogP contribution in [0.5, 0.6) is 11.5 Å². The molecule has 7 heteroatoms. The van der Waals surface area contributed by atoms with Crippen molar-refractivity contribution in [3.8, 4) is 11.5 Å². The Kier molecular flexibility index (Phi) is 6.24. The third-order valence-electron chi connectivity index (χ3n) is 2.91. The Morgan fingerprint density at radius 1 is 1.40 bits per heavy atom. The van der Waals surface area contributed by atoms with Crippen LogP contribution in [0.25, 0.3) is 0 Å². The standard InChI is InChI=1S/C13H20ClN3O3/c1-4-8(5-13(15)17-18)16-10-6-9(14)11(19-2)7-12(10)20-3/h6-8,16,18H,4-5H2,1-3H3,(H2,15,17). The number of amidine groups is 1. The number of methoxy groups -OCH3 is 2. The predicted molar refractivity (Wildman–Crippen MR) is 80.3 cm³/mol. The number of oxime groups is 1. The van der Waals surface area contributed by atoms with Crippen LogP contribution in [0.2, 0.25) is 5.02 Å². The Bertz CT molecular complexity index is 480. The number of ether oxygens (including phenoxy) is 2. The van der Waals surface area contributed by atoms with Gasteiger partial charge in [-0.15, -0.1) is 0 Å². The fraction of sp³-hybridized carbons (Fsp3) is 0.462. The molecule has 0 aliphatic carbocycles. The molecule has 0 heterocycles. The highest BCUT2D eigenvalue weighted by Crippen LogP contribution is 2.36. The molecule has 0 saturated carbocycles. The van der Waals surface area contributed by atoms with Crippen molar-refractivity contribution in [1.82, 2.24) is 0 Å². The molecule has 0 aromatic heterocycles. The number of halogens is 1. The number of nitrogens with zero attached hydrogens (tertiary/aromatic N) is 1. The summed E-state index contributed by atoms with van der Waals surface area (Å²) in [5.41, 5.74) is 6.26. The molecule has 0 aliphatic rings. The van der Waals surface area contributed by atoms with E-state index in [0.717, 1.165) is 12.1 Å². The molecule has 1 unspecified atom stereocenters. The maximum absolute atomic E-state index is 8.63. The van der Waals surface area contributed by atoms with Crippen molar-refractivity contribution in [2.45, 2.75) is 25.8 Å². The lowest BCUT2D eigenvalue weighted by atomic mass is 10.1. The topological polar surface area (TPSA) is 89.1 Å². The third-order valence-corrected chi connectivity index (χ3v) is 3.21. The zero-order valence-electron chi connectivity index (χ0n) is 11.8. The Labute approximate surface area is 123 Å². The van der Waals surface area contributed by atoms with Gasteiger partial charge in [-0.3, -0.25) is 0 Å². The first-order valence-electron chi connectivity index (χ1n) is 6.20. The third kappa shape index (κ3) is 4.09. The molecule has 0 radical (unpaired) electrons. The van der Waals surface area contributed by atoms with Gasteiger partial charge in [-0.1, -0.05) is 23.7 Å². The van der Waals surface area contributed by atoms with Crippen LogP contribution in [0.15, 0.2) is 17.3 Å². The molecule has 1 aromatic carbocycles. The maximum Gasteiger partial charge on any atom is 0.145 e. The van der Waals surface area contributed by atoms with Crippen molar-refractivity contribution >= 4 is 23.1 Å². The van der Waals surface area contributed by atoms with Gasteiger partial charge in [0, 0.05) is 18.5 Å². The van der Waals surface area contributed by atoms with Crippen LogP contribution in [0, 0.1) is 0 Å². The van der Waals surface area contributed by atoms with Crippen LogP contribution >= 0.6 is 11.6 Å². The Hall–Kier alpha value is -1.82. The molecule has 1 rings (SSSR count). The van der Waals surface area contributed by atoms with Crippen LogP contribution in [0.1, 0.15) is 19.8 Å². The summed E-state index contributed by atoms with van der Waals surface area (Å²) >= 11 is 6.11. The summed E-state index contributed by atoms with van der Waals surface area (Å²) in [4.78, 5) is 0. The van der Waals surface area contributed by atoms with Gasteiger partial charge in [0.05, 0.1) is 24.9 Å². The monoisotopic (exact) mass is 301 g/mol. The highest BCUT2D eigenvalue weighted by Gasteiger charge is 2.14. The molecule has 0 bridgehead atoms.